The van der Waals surface area contributed by atoms with Gasteiger partial charge >= 0.3 is 0 Å². The third-order valence-corrected chi connectivity index (χ3v) is 4.78. The van der Waals surface area contributed by atoms with Crippen molar-refractivity contribution in [2.24, 2.45) is 0 Å². The predicted octanol–water partition coefficient (Wildman–Crippen LogP) is 4.75. The number of hydrogen-bond acceptors (Lipinski definition) is 4. The van der Waals surface area contributed by atoms with E-state index in [-0.39, 0.29) is 5.91 Å². The van der Waals surface area contributed by atoms with Crippen LogP contribution < -0.4 is 14.8 Å². The highest BCUT2D eigenvalue weighted by Gasteiger charge is 2.14. The summed E-state index contributed by atoms with van der Waals surface area (Å²) >= 11 is 0. The van der Waals surface area contributed by atoms with Gasteiger partial charge < -0.3 is 14.8 Å². The highest BCUT2D eigenvalue weighted by atomic mass is 16.5. The van der Waals surface area contributed by atoms with Gasteiger partial charge in [-0.1, -0.05) is 60.7 Å². The molecule has 1 N–H and O–H groups in total. The number of para-hydroxylation sites is 1. The number of carbonyl (C=O) groups excluding carboxylic acids is 1. The van der Waals surface area contributed by atoms with Crippen LogP contribution in [0, 0.1) is 0 Å². The monoisotopic (exact) mass is 398 g/mol. The van der Waals surface area contributed by atoms with E-state index >= 15 is 0 Å². The van der Waals surface area contributed by atoms with E-state index < -0.39 is 0 Å². The molecule has 3 aromatic carbocycles. The normalized spacial score (nSPS) is 10.6. The summed E-state index contributed by atoms with van der Waals surface area (Å²) in [5.74, 6) is 1.03. The number of aromatic nitrogens is 1. The molecule has 5 heteroatoms. The van der Waals surface area contributed by atoms with Crippen molar-refractivity contribution in [2.75, 3.05) is 7.11 Å². The predicted molar refractivity (Wildman–Crippen MR) is 117 cm³/mol. The van der Waals surface area contributed by atoms with Gasteiger partial charge in [0.15, 0.2) is 0 Å². The van der Waals surface area contributed by atoms with Crippen molar-refractivity contribution in [1.29, 1.82) is 0 Å². The average Bonchev–Trinajstić information content (AvgIpc) is 2.81. The van der Waals surface area contributed by atoms with E-state index in [1.54, 1.807) is 13.2 Å². The Morgan fingerprint density at radius 1 is 0.900 bits per heavy atom. The zero-order valence-corrected chi connectivity index (χ0v) is 16.7. The molecular weight excluding hydrogens is 376 g/mol. The van der Waals surface area contributed by atoms with E-state index in [0.29, 0.717) is 24.6 Å². The van der Waals surface area contributed by atoms with Crippen LogP contribution in [-0.4, -0.2) is 18.0 Å². The molecule has 0 radical (unpaired) electrons. The van der Waals surface area contributed by atoms with E-state index in [2.05, 4.69) is 10.3 Å². The molecule has 1 amide bonds. The maximum atomic E-state index is 13.0. The van der Waals surface area contributed by atoms with Gasteiger partial charge in [-0.2, -0.15) is 0 Å². The number of methoxy groups -OCH3 is 1. The van der Waals surface area contributed by atoms with Crippen molar-refractivity contribution >= 4 is 16.8 Å². The van der Waals surface area contributed by atoms with E-state index in [0.717, 1.165) is 27.8 Å². The number of hydrogen-bond donors (Lipinski definition) is 1. The lowest BCUT2D eigenvalue weighted by molar-refractivity contribution is 0.0952. The van der Waals surface area contributed by atoms with Crippen molar-refractivity contribution in [2.45, 2.75) is 13.2 Å². The van der Waals surface area contributed by atoms with E-state index in [4.69, 9.17) is 9.47 Å². The van der Waals surface area contributed by atoms with Crippen molar-refractivity contribution in [1.82, 2.24) is 10.3 Å². The standard InChI is InChI=1S/C25H22N2O3/c1-29-20-13-11-18(12-14-20)16-26-25(28)22-15-24(27-23-10-6-5-9-21(22)23)30-17-19-7-3-2-4-8-19/h2-15H,16-17H2,1H3,(H,26,28). The molecule has 4 aromatic rings. The number of pyridine rings is 1. The van der Waals surface area contributed by atoms with Crippen LogP contribution in [0.3, 0.4) is 0 Å². The molecule has 0 aliphatic rings. The third-order valence-electron chi connectivity index (χ3n) is 4.78. The molecule has 0 aliphatic heterocycles. The van der Waals surface area contributed by atoms with Gasteiger partial charge in [-0.25, -0.2) is 4.98 Å². The molecule has 30 heavy (non-hydrogen) atoms. The fourth-order valence-corrected chi connectivity index (χ4v) is 3.17. The number of amides is 1. The smallest absolute Gasteiger partial charge is 0.252 e. The first-order valence-electron chi connectivity index (χ1n) is 9.70. The van der Waals surface area contributed by atoms with Gasteiger partial charge in [-0.05, 0) is 29.3 Å². The van der Waals surface area contributed by atoms with Crippen LogP contribution in [-0.2, 0) is 13.2 Å². The molecule has 0 atom stereocenters. The summed E-state index contributed by atoms with van der Waals surface area (Å²) in [7, 11) is 1.63. The van der Waals surface area contributed by atoms with Gasteiger partial charge in [-0.3, -0.25) is 4.79 Å². The number of fused-ring (bicyclic) bond motifs is 1. The Bertz CT molecular complexity index is 1140. The summed E-state index contributed by atoms with van der Waals surface area (Å²) in [6.07, 6.45) is 0. The molecule has 1 heterocycles. The lowest BCUT2D eigenvalue weighted by Crippen LogP contribution is -2.23. The number of rotatable bonds is 7. The quantitative estimate of drug-likeness (QED) is 0.488. The van der Waals surface area contributed by atoms with Crippen molar-refractivity contribution in [3.05, 3.63) is 102 Å². The molecule has 1 aromatic heterocycles. The Balaban J connectivity index is 1.54. The minimum absolute atomic E-state index is 0.172. The largest absolute Gasteiger partial charge is 0.497 e. The first-order valence-corrected chi connectivity index (χ1v) is 9.70. The lowest BCUT2D eigenvalue weighted by atomic mass is 10.1. The topological polar surface area (TPSA) is 60.5 Å². The number of nitrogens with zero attached hydrogens (tertiary/aromatic N) is 1. The van der Waals surface area contributed by atoms with Crippen LogP contribution in [0.25, 0.3) is 10.9 Å². The molecule has 0 bridgehead atoms. The van der Waals surface area contributed by atoms with E-state index in [1.165, 1.54) is 0 Å². The molecule has 5 nitrogen and oxygen atoms in total. The fraction of sp³-hybridized carbons (Fsp3) is 0.120. The van der Waals surface area contributed by atoms with Gasteiger partial charge in [0.25, 0.3) is 5.91 Å². The summed E-state index contributed by atoms with van der Waals surface area (Å²) in [6.45, 7) is 0.804. The second kappa shape index (κ2) is 9.09. The summed E-state index contributed by atoms with van der Waals surface area (Å²) < 4.78 is 11.0. The van der Waals surface area contributed by atoms with Crippen LogP contribution in [0.15, 0.2) is 84.9 Å². The van der Waals surface area contributed by atoms with Gasteiger partial charge in [0, 0.05) is 18.0 Å². The van der Waals surface area contributed by atoms with Crippen LogP contribution in [0.1, 0.15) is 21.5 Å². The molecule has 0 saturated heterocycles. The Morgan fingerprint density at radius 2 is 1.63 bits per heavy atom. The number of ether oxygens (including phenoxy) is 2. The minimum Gasteiger partial charge on any atom is -0.497 e. The van der Waals surface area contributed by atoms with Crippen molar-refractivity contribution in [3.8, 4) is 11.6 Å². The molecule has 0 fully saturated rings. The molecule has 0 unspecified atom stereocenters. The van der Waals surface area contributed by atoms with Gasteiger partial charge in [0.05, 0.1) is 18.2 Å². The number of carbonyl (C=O) groups is 1. The van der Waals surface area contributed by atoms with Crippen LogP contribution in [0.5, 0.6) is 11.6 Å². The van der Waals surface area contributed by atoms with Gasteiger partial charge in [0.1, 0.15) is 12.4 Å². The van der Waals surface area contributed by atoms with E-state index in [9.17, 15) is 4.79 Å². The highest BCUT2D eigenvalue weighted by Crippen LogP contribution is 2.23. The Labute approximate surface area is 175 Å². The number of benzene rings is 3. The van der Waals surface area contributed by atoms with E-state index in [1.807, 2.05) is 78.9 Å². The zero-order valence-electron chi connectivity index (χ0n) is 16.7. The highest BCUT2D eigenvalue weighted by molar-refractivity contribution is 6.06. The summed E-state index contributed by atoms with van der Waals surface area (Å²) in [4.78, 5) is 17.5. The maximum absolute atomic E-state index is 13.0. The molecule has 0 saturated carbocycles. The van der Waals surface area contributed by atoms with Crippen molar-refractivity contribution < 1.29 is 14.3 Å². The Hall–Kier alpha value is -3.86. The average molecular weight is 398 g/mol. The molecule has 0 aliphatic carbocycles. The van der Waals surface area contributed by atoms with Crippen LogP contribution in [0.2, 0.25) is 0 Å². The summed E-state index contributed by atoms with van der Waals surface area (Å²) in [5.41, 5.74) is 3.29. The number of nitrogens with one attached hydrogen (secondary N) is 1. The summed E-state index contributed by atoms with van der Waals surface area (Å²) in [5, 5.41) is 3.77. The lowest BCUT2D eigenvalue weighted by Gasteiger charge is -2.12. The minimum atomic E-state index is -0.172. The molecule has 4 rings (SSSR count). The van der Waals surface area contributed by atoms with Gasteiger partial charge in [-0.15, -0.1) is 0 Å². The van der Waals surface area contributed by atoms with Crippen molar-refractivity contribution in [3.63, 3.8) is 0 Å². The third kappa shape index (κ3) is 4.58. The summed E-state index contributed by atoms with van der Waals surface area (Å²) in [6, 6.07) is 26.7. The molecule has 150 valence electrons. The Kier molecular flexibility index (Phi) is 5.90. The first-order chi connectivity index (χ1) is 14.7. The fourth-order valence-electron chi connectivity index (χ4n) is 3.17. The maximum Gasteiger partial charge on any atom is 0.252 e. The second-order valence-corrected chi connectivity index (χ2v) is 6.83. The SMILES string of the molecule is COc1ccc(CNC(=O)c2cc(OCc3ccccc3)nc3ccccc23)cc1. The second-order valence-electron chi connectivity index (χ2n) is 6.83. The van der Waals surface area contributed by atoms with Crippen LogP contribution >= 0.6 is 0 Å². The first kappa shape index (κ1) is 19.5. The van der Waals surface area contributed by atoms with Gasteiger partial charge in [0.2, 0.25) is 5.88 Å². The molecule has 0 spiro atoms. The molecular formula is C25H22N2O3. The zero-order chi connectivity index (χ0) is 20.8. The van der Waals surface area contributed by atoms with Crippen LogP contribution in [0.4, 0.5) is 0 Å². The Morgan fingerprint density at radius 3 is 2.40 bits per heavy atom.